The van der Waals surface area contributed by atoms with Crippen molar-refractivity contribution in [1.82, 2.24) is 25.1 Å². The number of aromatic nitrogens is 4. The molecule has 5 rings (SSSR count). The summed E-state index contributed by atoms with van der Waals surface area (Å²) in [6, 6.07) is 17.9. The molecule has 31 heavy (non-hydrogen) atoms. The number of nitrogens with one attached hydrogen (secondary N) is 1. The average Bonchev–Trinajstić information content (AvgIpc) is 3.17. The van der Waals surface area contributed by atoms with Gasteiger partial charge in [0.2, 0.25) is 0 Å². The molecule has 1 fully saturated rings. The fraction of sp³-hybridized carbons (Fsp3) is 0.227. The van der Waals surface area contributed by atoms with E-state index in [1.165, 1.54) is 6.33 Å². The smallest absolute Gasteiger partial charge is 0.164 e. The van der Waals surface area contributed by atoms with Gasteiger partial charge in [0, 0.05) is 12.1 Å². The van der Waals surface area contributed by atoms with Crippen molar-refractivity contribution in [1.29, 1.82) is 0 Å². The van der Waals surface area contributed by atoms with Crippen LogP contribution < -0.4 is 15.8 Å². The Bertz CT molecular complexity index is 1130. The Morgan fingerprint density at radius 3 is 2.42 bits per heavy atom. The first-order valence-electron chi connectivity index (χ1n) is 9.82. The molecule has 7 nitrogen and oxygen atoms in total. The van der Waals surface area contributed by atoms with Gasteiger partial charge in [-0.3, -0.25) is 0 Å². The van der Waals surface area contributed by atoms with Crippen molar-refractivity contribution < 1.29 is 4.74 Å². The van der Waals surface area contributed by atoms with E-state index in [-0.39, 0.29) is 30.9 Å². The number of rotatable bonds is 4. The topological polar surface area (TPSA) is 90.9 Å². The maximum absolute atomic E-state index is 6.22. The number of hydrogen-bond donors (Lipinski definition) is 2. The molecule has 1 saturated heterocycles. The Morgan fingerprint density at radius 2 is 1.71 bits per heavy atom. The molecule has 0 unspecified atom stereocenters. The normalized spacial score (nSPS) is 15.7. The van der Waals surface area contributed by atoms with Crippen LogP contribution in [0.5, 0.6) is 11.5 Å². The van der Waals surface area contributed by atoms with Gasteiger partial charge in [-0.15, -0.1) is 24.8 Å². The Kier molecular flexibility index (Phi) is 7.33. The van der Waals surface area contributed by atoms with Crippen molar-refractivity contribution in [3.8, 4) is 22.8 Å². The first kappa shape index (κ1) is 22.8. The molecule has 1 aliphatic heterocycles. The number of anilines is 1. The zero-order valence-electron chi connectivity index (χ0n) is 16.8. The molecule has 0 saturated carbocycles. The van der Waals surface area contributed by atoms with Crippen LogP contribution in [0.2, 0.25) is 0 Å². The summed E-state index contributed by atoms with van der Waals surface area (Å²) in [5, 5.41) is 9.15. The van der Waals surface area contributed by atoms with Crippen LogP contribution in [0.1, 0.15) is 18.9 Å². The van der Waals surface area contributed by atoms with E-state index in [0.29, 0.717) is 5.82 Å². The molecule has 2 aromatic heterocycles. The second-order valence-electron chi connectivity index (χ2n) is 7.19. The van der Waals surface area contributed by atoms with Gasteiger partial charge in [-0.05, 0) is 55.8 Å². The summed E-state index contributed by atoms with van der Waals surface area (Å²) in [6.07, 6.45) is 3.69. The van der Waals surface area contributed by atoms with Crippen molar-refractivity contribution in [3.63, 3.8) is 0 Å². The number of nitrogens with two attached hydrogens (primary N) is 1. The predicted octanol–water partition coefficient (Wildman–Crippen LogP) is 4.64. The summed E-state index contributed by atoms with van der Waals surface area (Å²) >= 11 is 0. The molecule has 0 bridgehead atoms. The minimum absolute atomic E-state index is 0. The molecule has 3 N–H and O–H groups in total. The van der Waals surface area contributed by atoms with Gasteiger partial charge in [0.1, 0.15) is 29.3 Å². The van der Waals surface area contributed by atoms with Gasteiger partial charge in [-0.2, -0.15) is 5.10 Å². The predicted molar refractivity (Wildman–Crippen MR) is 127 cm³/mol. The maximum Gasteiger partial charge on any atom is 0.164 e. The summed E-state index contributed by atoms with van der Waals surface area (Å²) in [5.74, 6) is 2.02. The summed E-state index contributed by atoms with van der Waals surface area (Å²) in [4.78, 5) is 8.69. The van der Waals surface area contributed by atoms with Crippen molar-refractivity contribution in [3.05, 3.63) is 60.9 Å². The second-order valence-corrected chi connectivity index (χ2v) is 7.19. The molecule has 162 valence electrons. The Morgan fingerprint density at radius 1 is 0.968 bits per heavy atom. The number of hydrogen-bond acceptors (Lipinski definition) is 6. The van der Waals surface area contributed by atoms with Gasteiger partial charge < -0.3 is 15.8 Å². The molecular formula is C22H24Cl2N6O. The Labute approximate surface area is 192 Å². The van der Waals surface area contributed by atoms with E-state index in [2.05, 4.69) is 15.3 Å². The van der Waals surface area contributed by atoms with Gasteiger partial charge in [-0.1, -0.05) is 18.2 Å². The first-order valence-corrected chi connectivity index (χ1v) is 9.82. The number of ether oxygens (including phenoxy) is 1. The van der Waals surface area contributed by atoms with Crippen molar-refractivity contribution in [2.45, 2.75) is 18.9 Å². The SMILES string of the molecule is Cl.Cl.Nc1ncnc2c1c(-c1ccc(Oc3ccccc3)cc1)nn2[C@@H]1CCCNC1. The van der Waals surface area contributed by atoms with Crippen LogP contribution >= 0.6 is 24.8 Å². The van der Waals surface area contributed by atoms with E-state index in [4.69, 9.17) is 15.6 Å². The van der Waals surface area contributed by atoms with Crippen LogP contribution in [-0.2, 0) is 0 Å². The Balaban J connectivity index is 0.00000136. The number of nitrogens with zero attached hydrogens (tertiary/aromatic N) is 4. The summed E-state index contributed by atoms with van der Waals surface area (Å²) in [5.41, 5.74) is 8.77. The van der Waals surface area contributed by atoms with Gasteiger partial charge in [-0.25, -0.2) is 14.6 Å². The van der Waals surface area contributed by atoms with Gasteiger partial charge in [0.05, 0.1) is 11.4 Å². The highest BCUT2D eigenvalue weighted by molar-refractivity contribution is 5.98. The molecule has 0 amide bonds. The van der Waals surface area contributed by atoms with E-state index in [0.717, 1.165) is 59.7 Å². The van der Waals surface area contributed by atoms with Crippen molar-refractivity contribution in [2.75, 3.05) is 18.8 Å². The molecular weight excluding hydrogens is 435 g/mol. The van der Waals surface area contributed by atoms with Crippen LogP contribution in [0.3, 0.4) is 0 Å². The van der Waals surface area contributed by atoms with E-state index < -0.39 is 0 Å². The standard InChI is InChI=1S/C22H22N6O.2ClH/c23-21-19-20(15-8-10-18(11-9-15)29-17-6-2-1-3-7-17)27-28(22(19)26-14-25-21)16-5-4-12-24-13-16;;/h1-3,6-11,14,16,24H,4-5,12-13H2,(H2,23,25,26);2*1H/t16-;;/m1../s1. The number of halogens is 2. The highest BCUT2D eigenvalue weighted by atomic mass is 35.5. The highest BCUT2D eigenvalue weighted by Crippen LogP contribution is 2.34. The fourth-order valence-corrected chi connectivity index (χ4v) is 3.80. The number of fused-ring (bicyclic) bond motifs is 1. The second kappa shape index (κ2) is 9.96. The molecule has 2 aromatic carbocycles. The minimum Gasteiger partial charge on any atom is -0.457 e. The lowest BCUT2D eigenvalue weighted by Gasteiger charge is -2.23. The van der Waals surface area contributed by atoms with E-state index in [1.807, 2.05) is 59.3 Å². The molecule has 1 atom stereocenters. The summed E-state index contributed by atoms with van der Waals surface area (Å²) in [7, 11) is 0. The number of para-hydroxylation sites is 1. The van der Waals surface area contributed by atoms with Crippen LogP contribution in [0.15, 0.2) is 60.9 Å². The number of nitrogen functional groups attached to an aromatic ring is 1. The molecule has 4 aromatic rings. The van der Waals surface area contributed by atoms with Gasteiger partial charge >= 0.3 is 0 Å². The van der Waals surface area contributed by atoms with Crippen LogP contribution in [0, 0.1) is 0 Å². The minimum atomic E-state index is 0. The molecule has 1 aliphatic rings. The lowest BCUT2D eigenvalue weighted by Crippen LogP contribution is -2.32. The zero-order valence-corrected chi connectivity index (χ0v) is 18.4. The molecule has 0 aliphatic carbocycles. The quantitative estimate of drug-likeness (QED) is 0.462. The summed E-state index contributed by atoms with van der Waals surface area (Å²) < 4.78 is 7.90. The average molecular weight is 459 g/mol. The first-order chi connectivity index (χ1) is 14.3. The van der Waals surface area contributed by atoms with E-state index in [1.54, 1.807) is 0 Å². The van der Waals surface area contributed by atoms with Crippen molar-refractivity contribution >= 4 is 41.7 Å². The Hall–Kier alpha value is -2.87. The zero-order chi connectivity index (χ0) is 19.6. The van der Waals surface area contributed by atoms with Gasteiger partial charge in [0.15, 0.2) is 5.65 Å². The van der Waals surface area contributed by atoms with Crippen LogP contribution in [-0.4, -0.2) is 32.8 Å². The third kappa shape index (κ3) is 4.58. The van der Waals surface area contributed by atoms with Crippen LogP contribution in [0.4, 0.5) is 5.82 Å². The highest BCUT2D eigenvalue weighted by Gasteiger charge is 2.23. The lowest BCUT2D eigenvalue weighted by atomic mass is 10.1. The number of piperidine rings is 1. The summed E-state index contributed by atoms with van der Waals surface area (Å²) in [6.45, 7) is 1.92. The fourth-order valence-electron chi connectivity index (χ4n) is 3.80. The van der Waals surface area contributed by atoms with Crippen molar-refractivity contribution in [2.24, 2.45) is 0 Å². The molecule has 0 radical (unpaired) electrons. The molecule has 9 heteroatoms. The lowest BCUT2D eigenvalue weighted by molar-refractivity contribution is 0.354. The third-order valence-corrected chi connectivity index (χ3v) is 5.24. The largest absolute Gasteiger partial charge is 0.457 e. The molecule has 3 heterocycles. The third-order valence-electron chi connectivity index (χ3n) is 5.24. The maximum atomic E-state index is 6.22. The monoisotopic (exact) mass is 458 g/mol. The van der Waals surface area contributed by atoms with E-state index in [9.17, 15) is 0 Å². The van der Waals surface area contributed by atoms with E-state index >= 15 is 0 Å². The number of benzene rings is 2. The van der Waals surface area contributed by atoms with Gasteiger partial charge in [0.25, 0.3) is 0 Å². The molecule has 0 spiro atoms. The van der Waals surface area contributed by atoms with Crippen LogP contribution in [0.25, 0.3) is 22.3 Å².